The molecule has 6 nitrogen and oxygen atoms in total. The highest BCUT2D eigenvalue weighted by Crippen LogP contribution is 2.33. The minimum atomic E-state index is -4.39. The van der Waals surface area contributed by atoms with Crippen LogP contribution in [0, 0.1) is 0 Å². The van der Waals surface area contributed by atoms with Gasteiger partial charge in [0.1, 0.15) is 12.5 Å². The van der Waals surface area contributed by atoms with Gasteiger partial charge in [0.2, 0.25) is 17.7 Å². The van der Waals surface area contributed by atoms with Crippen molar-refractivity contribution in [2.45, 2.75) is 56.8 Å². The van der Waals surface area contributed by atoms with E-state index in [4.69, 9.17) is 4.42 Å². The molecule has 1 aromatic heterocycles. The van der Waals surface area contributed by atoms with Crippen LogP contribution in [0.25, 0.3) is 0 Å². The van der Waals surface area contributed by atoms with Crippen LogP contribution in [0.3, 0.4) is 0 Å². The summed E-state index contributed by atoms with van der Waals surface area (Å²) in [5.74, 6) is -0.327. The molecule has 3 rings (SSSR count). The Morgan fingerprint density at radius 2 is 2.00 bits per heavy atom. The summed E-state index contributed by atoms with van der Waals surface area (Å²) < 4.78 is 42.6. The smallest absolute Gasteiger partial charge is 0.397 e. The lowest BCUT2D eigenvalue weighted by Crippen LogP contribution is -2.47. The summed E-state index contributed by atoms with van der Waals surface area (Å²) in [6.07, 6.45) is -1.46. The van der Waals surface area contributed by atoms with Crippen LogP contribution in [0.2, 0.25) is 0 Å². The summed E-state index contributed by atoms with van der Waals surface area (Å²) in [4.78, 5) is 16.6. The van der Waals surface area contributed by atoms with Crippen molar-refractivity contribution in [3.8, 4) is 0 Å². The first-order valence-corrected chi connectivity index (χ1v) is 8.25. The van der Waals surface area contributed by atoms with E-state index in [2.05, 4.69) is 10.2 Å². The van der Waals surface area contributed by atoms with Gasteiger partial charge in [-0.3, -0.25) is 9.69 Å². The van der Waals surface area contributed by atoms with Crippen LogP contribution in [0.4, 0.5) is 13.2 Å². The van der Waals surface area contributed by atoms with Gasteiger partial charge in [-0.05, 0) is 45.7 Å². The van der Waals surface area contributed by atoms with Gasteiger partial charge < -0.3 is 9.32 Å². The standard InChI is InChI=1S/C15H21F3N4O2/c1-21-7-4-6-11(21)14(23)22-8-3-2-5-10(22)13-20-19-12(24-13)9-15(16,17)18/h10-11H,2-9H2,1H3/t10-,11-/m0/s1. The molecule has 3 heterocycles. The summed E-state index contributed by atoms with van der Waals surface area (Å²) in [6, 6.07) is -0.585. The number of likely N-dealkylation sites (tertiary alicyclic amines) is 2. The first-order chi connectivity index (χ1) is 11.3. The molecule has 0 spiro atoms. The lowest BCUT2D eigenvalue weighted by molar-refractivity contribution is -0.140. The van der Waals surface area contributed by atoms with E-state index in [-0.39, 0.29) is 17.8 Å². The minimum absolute atomic E-state index is 0.00951. The van der Waals surface area contributed by atoms with E-state index in [1.807, 2.05) is 11.9 Å². The molecule has 2 atom stereocenters. The quantitative estimate of drug-likeness (QED) is 0.841. The third kappa shape index (κ3) is 3.71. The average molecular weight is 346 g/mol. The number of carbonyl (C=O) groups excluding carboxylic acids is 1. The summed E-state index contributed by atoms with van der Waals surface area (Å²) in [6.45, 7) is 1.45. The van der Waals surface area contributed by atoms with E-state index in [0.29, 0.717) is 13.0 Å². The summed E-state index contributed by atoms with van der Waals surface area (Å²) >= 11 is 0. The SMILES string of the molecule is CN1CCC[C@H]1C(=O)N1CCCC[C@H]1c1nnc(CC(F)(F)F)o1. The van der Waals surface area contributed by atoms with E-state index in [0.717, 1.165) is 32.2 Å². The molecule has 0 unspecified atom stereocenters. The van der Waals surface area contributed by atoms with E-state index >= 15 is 0 Å². The molecule has 0 radical (unpaired) electrons. The Bertz CT molecular complexity index is 590. The van der Waals surface area contributed by atoms with Gasteiger partial charge in [0.15, 0.2) is 0 Å². The molecule has 2 saturated heterocycles. The molecule has 24 heavy (non-hydrogen) atoms. The van der Waals surface area contributed by atoms with Crippen molar-refractivity contribution in [3.63, 3.8) is 0 Å². The predicted octanol–water partition coefficient (Wildman–Crippen LogP) is 2.32. The molecule has 2 fully saturated rings. The Labute approximate surface area is 138 Å². The van der Waals surface area contributed by atoms with Crippen molar-refractivity contribution < 1.29 is 22.4 Å². The molecule has 0 aliphatic carbocycles. The normalized spacial score (nSPS) is 26.1. The van der Waals surface area contributed by atoms with Gasteiger partial charge in [-0.2, -0.15) is 13.2 Å². The second kappa shape index (κ2) is 6.70. The molecule has 0 saturated carbocycles. The molecular formula is C15H21F3N4O2. The zero-order valence-electron chi connectivity index (χ0n) is 13.6. The molecular weight excluding hydrogens is 325 g/mol. The third-order valence-electron chi connectivity index (χ3n) is 4.71. The molecule has 0 bridgehead atoms. The van der Waals surface area contributed by atoms with Crippen molar-refractivity contribution >= 4 is 5.91 Å². The number of aromatic nitrogens is 2. The first-order valence-electron chi connectivity index (χ1n) is 8.25. The van der Waals surface area contributed by atoms with Crippen molar-refractivity contribution in [1.29, 1.82) is 0 Å². The molecule has 0 N–H and O–H groups in total. The maximum atomic E-state index is 12.8. The van der Waals surface area contributed by atoms with Crippen LogP contribution < -0.4 is 0 Å². The second-order valence-electron chi connectivity index (χ2n) is 6.51. The van der Waals surface area contributed by atoms with Gasteiger partial charge in [-0.15, -0.1) is 10.2 Å². The number of alkyl halides is 3. The largest absolute Gasteiger partial charge is 0.423 e. The Hall–Kier alpha value is -1.64. The van der Waals surface area contributed by atoms with Crippen LogP contribution in [0.5, 0.6) is 0 Å². The first kappa shape index (κ1) is 17.2. The highest BCUT2D eigenvalue weighted by Gasteiger charge is 2.39. The molecule has 2 aliphatic rings. The number of amides is 1. The minimum Gasteiger partial charge on any atom is -0.423 e. The topological polar surface area (TPSA) is 62.5 Å². The number of nitrogens with zero attached hydrogens (tertiary/aromatic N) is 4. The molecule has 1 amide bonds. The molecule has 2 aliphatic heterocycles. The maximum Gasteiger partial charge on any atom is 0.397 e. The Kier molecular flexibility index (Phi) is 4.80. The molecule has 1 aromatic rings. The predicted molar refractivity (Wildman–Crippen MR) is 78.0 cm³/mol. The number of carbonyl (C=O) groups is 1. The molecule has 0 aromatic carbocycles. The van der Waals surface area contributed by atoms with Crippen LogP contribution in [-0.4, -0.2) is 58.3 Å². The molecule has 9 heteroatoms. The Morgan fingerprint density at radius 3 is 2.67 bits per heavy atom. The second-order valence-corrected chi connectivity index (χ2v) is 6.51. The number of likely N-dealkylation sites (N-methyl/N-ethyl adjacent to an activating group) is 1. The van der Waals surface area contributed by atoms with Gasteiger partial charge in [-0.25, -0.2) is 0 Å². The van der Waals surface area contributed by atoms with Crippen LogP contribution in [0.1, 0.15) is 49.9 Å². The fraction of sp³-hybridized carbons (Fsp3) is 0.800. The van der Waals surface area contributed by atoms with E-state index in [1.165, 1.54) is 0 Å². The van der Waals surface area contributed by atoms with Crippen molar-refractivity contribution in [1.82, 2.24) is 20.0 Å². The van der Waals surface area contributed by atoms with E-state index in [1.54, 1.807) is 4.90 Å². The van der Waals surface area contributed by atoms with Gasteiger partial charge in [0.05, 0.1) is 6.04 Å². The summed E-state index contributed by atoms with van der Waals surface area (Å²) in [5, 5.41) is 7.28. The van der Waals surface area contributed by atoms with Gasteiger partial charge in [0, 0.05) is 6.54 Å². The van der Waals surface area contributed by atoms with E-state index < -0.39 is 24.5 Å². The zero-order chi connectivity index (χ0) is 17.3. The van der Waals surface area contributed by atoms with E-state index in [9.17, 15) is 18.0 Å². The number of piperidine rings is 1. The highest BCUT2D eigenvalue weighted by molar-refractivity contribution is 5.82. The maximum absolute atomic E-state index is 12.8. The summed E-state index contributed by atoms with van der Waals surface area (Å²) in [7, 11) is 1.92. The fourth-order valence-corrected chi connectivity index (χ4v) is 3.51. The Balaban J connectivity index is 1.76. The lowest BCUT2D eigenvalue weighted by Gasteiger charge is -2.36. The number of halogens is 3. The van der Waals surface area contributed by atoms with Gasteiger partial charge >= 0.3 is 6.18 Å². The summed E-state index contributed by atoms with van der Waals surface area (Å²) in [5.41, 5.74) is 0. The Morgan fingerprint density at radius 1 is 1.21 bits per heavy atom. The van der Waals surface area contributed by atoms with Gasteiger partial charge in [0.25, 0.3) is 0 Å². The van der Waals surface area contributed by atoms with Crippen LogP contribution in [-0.2, 0) is 11.2 Å². The number of rotatable bonds is 3. The average Bonchev–Trinajstić information content (AvgIpc) is 3.14. The number of hydrogen-bond donors (Lipinski definition) is 0. The van der Waals surface area contributed by atoms with Crippen molar-refractivity contribution in [2.75, 3.05) is 20.1 Å². The zero-order valence-corrected chi connectivity index (χ0v) is 13.6. The fourth-order valence-electron chi connectivity index (χ4n) is 3.51. The van der Waals surface area contributed by atoms with Crippen LogP contribution >= 0.6 is 0 Å². The molecule has 134 valence electrons. The van der Waals surface area contributed by atoms with Crippen molar-refractivity contribution in [3.05, 3.63) is 11.8 Å². The number of hydrogen-bond acceptors (Lipinski definition) is 5. The monoisotopic (exact) mass is 346 g/mol. The van der Waals surface area contributed by atoms with Crippen LogP contribution in [0.15, 0.2) is 4.42 Å². The van der Waals surface area contributed by atoms with Gasteiger partial charge in [-0.1, -0.05) is 0 Å². The lowest BCUT2D eigenvalue weighted by atomic mass is 10.0. The highest BCUT2D eigenvalue weighted by atomic mass is 19.4. The third-order valence-corrected chi connectivity index (χ3v) is 4.71. The van der Waals surface area contributed by atoms with Crippen molar-refractivity contribution in [2.24, 2.45) is 0 Å².